The molecule has 0 saturated carbocycles. The molecule has 8 heteroatoms. The summed E-state index contributed by atoms with van der Waals surface area (Å²) in [6, 6.07) is 4.98. The number of rotatable bonds is 3. The van der Waals surface area contributed by atoms with Crippen LogP contribution in [0.2, 0.25) is 0 Å². The Morgan fingerprint density at radius 3 is 2.84 bits per heavy atom. The van der Waals surface area contributed by atoms with E-state index in [0.717, 1.165) is 6.07 Å². The first-order chi connectivity index (χ1) is 8.54. The molecule has 1 atom stereocenters. The second-order valence-corrected chi connectivity index (χ2v) is 5.99. The van der Waals surface area contributed by atoms with E-state index in [4.69, 9.17) is 10.5 Å². The fraction of sp³-hybridized carbons (Fsp3) is 0.455. The minimum atomic E-state index is -3.67. The quantitative estimate of drug-likeness (QED) is 0.887. The summed E-state index contributed by atoms with van der Waals surface area (Å²) in [7, 11) is -3.67. The number of sulfonamides is 1. The third-order valence-electron chi connectivity index (χ3n) is 2.80. The third-order valence-corrected chi connectivity index (χ3v) is 4.66. The van der Waals surface area contributed by atoms with E-state index in [1.165, 1.54) is 22.5 Å². The third kappa shape index (κ3) is 3.64. The van der Waals surface area contributed by atoms with Crippen molar-refractivity contribution in [1.29, 1.82) is 0 Å². The first-order valence-electron chi connectivity index (χ1n) is 5.61. The van der Waals surface area contributed by atoms with Gasteiger partial charge in [-0.05, 0) is 18.2 Å². The Morgan fingerprint density at radius 2 is 2.21 bits per heavy atom. The molecule has 1 fully saturated rings. The topological polar surface area (TPSA) is 72.6 Å². The van der Waals surface area contributed by atoms with Crippen molar-refractivity contribution in [2.75, 3.05) is 26.2 Å². The Balaban J connectivity index is 0.00000180. The largest absolute Gasteiger partial charge is 0.374 e. The molecular weight excluding hydrogens is 295 g/mol. The number of benzene rings is 1. The number of nitrogens with two attached hydrogens (primary N) is 1. The Morgan fingerprint density at radius 1 is 1.47 bits per heavy atom. The van der Waals surface area contributed by atoms with Gasteiger partial charge in [0.1, 0.15) is 5.82 Å². The Hall–Kier alpha value is -0.730. The molecule has 0 bridgehead atoms. The number of hydrogen-bond donors (Lipinski definition) is 1. The summed E-state index contributed by atoms with van der Waals surface area (Å²) < 4.78 is 44.2. The van der Waals surface area contributed by atoms with E-state index < -0.39 is 15.8 Å². The van der Waals surface area contributed by atoms with Crippen molar-refractivity contribution in [3.63, 3.8) is 0 Å². The molecule has 1 aromatic carbocycles. The fourth-order valence-electron chi connectivity index (χ4n) is 1.83. The van der Waals surface area contributed by atoms with Crippen LogP contribution in [-0.4, -0.2) is 45.1 Å². The van der Waals surface area contributed by atoms with Gasteiger partial charge in [-0.2, -0.15) is 4.31 Å². The van der Waals surface area contributed by atoms with Gasteiger partial charge < -0.3 is 10.5 Å². The standard InChI is InChI=1S/C11H15FN2O3S.ClH/c12-9-2-1-3-11(6-9)18(15,16)14-4-5-17-10(7-13)8-14;/h1-3,6,10H,4-5,7-8,13H2;1H. The second kappa shape index (κ2) is 6.62. The average Bonchev–Trinajstić information content (AvgIpc) is 2.39. The predicted octanol–water partition coefficient (Wildman–Crippen LogP) is 0.596. The molecule has 1 heterocycles. The predicted molar refractivity (Wildman–Crippen MR) is 71.2 cm³/mol. The maximum Gasteiger partial charge on any atom is 0.243 e. The lowest BCUT2D eigenvalue weighted by Gasteiger charge is -2.31. The maximum atomic E-state index is 13.1. The van der Waals surface area contributed by atoms with E-state index in [1.54, 1.807) is 0 Å². The molecule has 0 radical (unpaired) electrons. The minimum absolute atomic E-state index is 0. The molecule has 1 aliphatic heterocycles. The van der Waals surface area contributed by atoms with Crippen LogP contribution in [0.25, 0.3) is 0 Å². The average molecular weight is 311 g/mol. The van der Waals surface area contributed by atoms with E-state index in [0.29, 0.717) is 6.61 Å². The van der Waals surface area contributed by atoms with Crippen LogP contribution in [0.15, 0.2) is 29.2 Å². The van der Waals surface area contributed by atoms with Gasteiger partial charge in [-0.15, -0.1) is 12.4 Å². The highest BCUT2D eigenvalue weighted by Crippen LogP contribution is 2.19. The number of nitrogens with zero attached hydrogens (tertiary/aromatic N) is 1. The van der Waals surface area contributed by atoms with Gasteiger partial charge in [0.2, 0.25) is 10.0 Å². The maximum absolute atomic E-state index is 13.1. The number of ether oxygens (including phenoxy) is 1. The molecule has 1 aromatic rings. The summed E-state index contributed by atoms with van der Waals surface area (Å²) >= 11 is 0. The van der Waals surface area contributed by atoms with Gasteiger partial charge >= 0.3 is 0 Å². The van der Waals surface area contributed by atoms with Gasteiger partial charge in [0, 0.05) is 19.6 Å². The highest BCUT2D eigenvalue weighted by atomic mass is 35.5. The summed E-state index contributed by atoms with van der Waals surface area (Å²) in [5.74, 6) is -0.570. The lowest BCUT2D eigenvalue weighted by molar-refractivity contribution is 0.00450. The highest BCUT2D eigenvalue weighted by molar-refractivity contribution is 7.89. The SMILES string of the molecule is Cl.NCC1CN(S(=O)(=O)c2cccc(F)c2)CCO1. The van der Waals surface area contributed by atoms with Crippen molar-refractivity contribution in [2.24, 2.45) is 5.73 Å². The van der Waals surface area contributed by atoms with Crippen LogP contribution in [0.3, 0.4) is 0 Å². The van der Waals surface area contributed by atoms with Gasteiger partial charge in [-0.25, -0.2) is 12.8 Å². The van der Waals surface area contributed by atoms with E-state index in [1.807, 2.05) is 0 Å². The summed E-state index contributed by atoms with van der Waals surface area (Å²) in [6.07, 6.45) is -0.304. The monoisotopic (exact) mass is 310 g/mol. The number of morpholine rings is 1. The van der Waals surface area contributed by atoms with Gasteiger partial charge in [0.15, 0.2) is 0 Å². The smallest absolute Gasteiger partial charge is 0.243 e. The molecule has 0 aliphatic carbocycles. The molecule has 0 aromatic heterocycles. The van der Waals surface area contributed by atoms with Crippen LogP contribution >= 0.6 is 12.4 Å². The molecule has 108 valence electrons. The molecule has 2 rings (SSSR count). The van der Waals surface area contributed by atoms with Crippen LogP contribution < -0.4 is 5.73 Å². The van der Waals surface area contributed by atoms with Crippen molar-refractivity contribution in [3.8, 4) is 0 Å². The molecule has 19 heavy (non-hydrogen) atoms. The van der Waals surface area contributed by atoms with Crippen LogP contribution in [-0.2, 0) is 14.8 Å². The molecule has 0 spiro atoms. The summed E-state index contributed by atoms with van der Waals surface area (Å²) in [6.45, 7) is 1.02. The number of halogens is 2. The summed E-state index contributed by atoms with van der Waals surface area (Å²) in [5.41, 5.74) is 5.47. The van der Waals surface area contributed by atoms with Gasteiger partial charge in [-0.1, -0.05) is 6.07 Å². The first-order valence-corrected chi connectivity index (χ1v) is 7.05. The normalized spacial score (nSPS) is 20.8. The zero-order chi connectivity index (χ0) is 13.2. The van der Waals surface area contributed by atoms with Crippen molar-refractivity contribution >= 4 is 22.4 Å². The van der Waals surface area contributed by atoms with E-state index in [-0.39, 0.29) is 43.0 Å². The van der Waals surface area contributed by atoms with Crippen LogP contribution in [0, 0.1) is 5.82 Å². The van der Waals surface area contributed by atoms with Crippen LogP contribution in [0.1, 0.15) is 0 Å². The molecule has 1 unspecified atom stereocenters. The summed E-state index contributed by atoms with van der Waals surface area (Å²) in [5, 5.41) is 0. The van der Waals surface area contributed by atoms with Gasteiger partial charge in [0.25, 0.3) is 0 Å². The summed E-state index contributed by atoms with van der Waals surface area (Å²) in [4.78, 5) is -0.0415. The number of hydrogen-bond acceptors (Lipinski definition) is 4. The van der Waals surface area contributed by atoms with E-state index >= 15 is 0 Å². The molecular formula is C11H16ClFN2O3S. The minimum Gasteiger partial charge on any atom is -0.374 e. The molecule has 0 amide bonds. The zero-order valence-corrected chi connectivity index (χ0v) is 11.8. The zero-order valence-electron chi connectivity index (χ0n) is 10.2. The molecule has 2 N–H and O–H groups in total. The Labute approximate surface area is 118 Å². The van der Waals surface area contributed by atoms with E-state index in [2.05, 4.69) is 0 Å². The lowest BCUT2D eigenvalue weighted by atomic mass is 10.3. The van der Waals surface area contributed by atoms with E-state index in [9.17, 15) is 12.8 Å². The van der Waals surface area contributed by atoms with Gasteiger partial charge in [-0.3, -0.25) is 0 Å². The first kappa shape index (κ1) is 16.3. The Kier molecular flexibility index (Phi) is 5.69. The van der Waals surface area contributed by atoms with Crippen LogP contribution in [0.5, 0.6) is 0 Å². The molecule has 1 saturated heterocycles. The highest BCUT2D eigenvalue weighted by Gasteiger charge is 2.30. The Bertz CT molecular complexity index is 526. The van der Waals surface area contributed by atoms with Crippen LogP contribution in [0.4, 0.5) is 4.39 Å². The molecule has 5 nitrogen and oxygen atoms in total. The lowest BCUT2D eigenvalue weighted by Crippen LogP contribution is -2.48. The molecule has 1 aliphatic rings. The second-order valence-electron chi connectivity index (χ2n) is 4.05. The fourth-order valence-corrected chi connectivity index (χ4v) is 3.32. The van der Waals surface area contributed by atoms with Gasteiger partial charge in [0.05, 0.1) is 17.6 Å². The van der Waals surface area contributed by atoms with Crippen molar-refractivity contribution in [1.82, 2.24) is 4.31 Å². The van der Waals surface area contributed by atoms with Crippen molar-refractivity contribution in [2.45, 2.75) is 11.0 Å². The van der Waals surface area contributed by atoms with Crippen molar-refractivity contribution in [3.05, 3.63) is 30.1 Å². The van der Waals surface area contributed by atoms with Crippen molar-refractivity contribution < 1.29 is 17.5 Å².